The predicted octanol–water partition coefficient (Wildman–Crippen LogP) is 3.53. The van der Waals surface area contributed by atoms with Crippen LogP contribution < -0.4 is 4.74 Å². The second kappa shape index (κ2) is 9.58. The van der Waals surface area contributed by atoms with Gasteiger partial charge in [-0.1, -0.05) is 36.4 Å². The zero-order valence-corrected chi connectivity index (χ0v) is 19.5. The van der Waals surface area contributed by atoms with Crippen LogP contribution in [0.5, 0.6) is 5.75 Å². The number of carbonyl (C=O) groups is 2. The number of morpholine rings is 1. The van der Waals surface area contributed by atoms with Crippen molar-refractivity contribution >= 4 is 22.7 Å². The first-order chi connectivity index (χ1) is 15.8. The third-order valence-corrected chi connectivity index (χ3v) is 5.87. The monoisotopic (exact) mass is 447 g/mol. The quantitative estimate of drug-likeness (QED) is 0.598. The molecule has 1 aliphatic heterocycles. The molecule has 1 aromatic heterocycles. The minimum Gasteiger partial charge on any atom is -0.483 e. The fourth-order valence-electron chi connectivity index (χ4n) is 4.09. The van der Waals surface area contributed by atoms with E-state index < -0.39 is 6.10 Å². The molecule has 2 aromatic carbocycles. The van der Waals surface area contributed by atoms with Gasteiger partial charge in [0.05, 0.1) is 29.9 Å². The van der Waals surface area contributed by atoms with Crippen LogP contribution >= 0.6 is 0 Å². The first-order valence-corrected chi connectivity index (χ1v) is 11.0. The van der Waals surface area contributed by atoms with Gasteiger partial charge in [-0.25, -0.2) is 4.98 Å². The van der Waals surface area contributed by atoms with E-state index in [4.69, 9.17) is 14.5 Å². The van der Waals surface area contributed by atoms with Crippen LogP contribution in [-0.2, 0) is 9.53 Å². The fraction of sp³-hybridized carbons (Fsp3) is 0.346. The van der Waals surface area contributed by atoms with Crippen molar-refractivity contribution in [2.45, 2.75) is 20.0 Å². The number of ether oxygens (including phenoxy) is 2. The molecule has 1 saturated heterocycles. The van der Waals surface area contributed by atoms with Gasteiger partial charge in [0.25, 0.3) is 11.8 Å². The van der Waals surface area contributed by atoms with Crippen molar-refractivity contribution in [3.8, 4) is 5.75 Å². The van der Waals surface area contributed by atoms with Gasteiger partial charge in [-0.15, -0.1) is 0 Å². The summed E-state index contributed by atoms with van der Waals surface area (Å²) in [5, 5.41) is 0.797. The van der Waals surface area contributed by atoms with Crippen LogP contribution in [0, 0.1) is 13.8 Å². The summed E-state index contributed by atoms with van der Waals surface area (Å²) < 4.78 is 11.8. The van der Waals surface area contributed by atoms with E-state index in [0.717, 1.165) is 27.8 Å². The van der Waals surface area contributed by atoms with Gasteiger partial charge in [0.2, 0.25) is 0 Å². The SMILES string of the molecule is Cc1cccc(C)c1OCC(=O)N1CCO[C@H](c2cc(C(=O)N(C)C)c3ccccc3n2)C1. The largest absolute Gasteiger partial charge is 0.483 e. The summed E-state index contributed by atoms with van der Waals surface area (Å²) in [6.45, 7) is 5.14. The van der Waals surface area contributed by atoms with Crippen LogP contribution in [0.1, 0.15) is 33.3 Å². The van der Waals surface area contributed by atoms with Gasteiger partial charge >= 0.3 is 0 Å². The van der Waals surface area contributed by atoms with E-state index in [9.17, 15) is 9.59 Å². The van der Waals surface area contributed by atoms with E-state index in [1.54, 1.807) is 30.0 Å². The van der Waals surface area contributed by atoms with E-state index in [1.165, 1.54) is 0 Å². The highest BCUT2D eigenvalue weighted by atomic mass is 16.5. The molecule has 1 aliphatic rings. The van der Waals surface area contributed by atoms with Gasteiger partial charge in [-0.2, -0.15) is 0 Å². The van der Waals surface area contributed by atoms with Gasteiger partial charge in [-0.3, -0.25) is 9.59 Å². The zero-order valence-electron chi connectivity index (χ0n) is 19.5. The molecule has 2 amide bonds. The van der Waals surface area contributed by atoms with Crippen LogP contribution in [-0.4, -0.2) is 67.0 Å². The Kier molecular flexibility index (Phi) is 6.60. The first kappa shape index (κ1) is 22.7. The normalized spacial score (nSPS) is 16.0. The molecule has 0 N–H and O–H groups in total. The first-order valence-electron chi connectivity index (χ1n) is 11.0. The maximum Gasteiger partial charge on any atom is 0.260 e. The summed E-state index contributed by atoms with van der Waals surface area (Å²) in [4.78, 5) is 33.8. The van der Waals surface area contributed by atoms with Crippen LogP contribution in [0.4, 0.5) is 0 Å². The number of carbonyl (C=O) groups excluding carboxylic acids is 2. The highest BCUT2D eigenvalue weighted by Crippen LogP contribution is 2.27. The second-order valence-electron chi connectivity index (χ2n) is 8.52. The Hall–Kier alpha value is -3.45. The molecule has 7 nitrogen and oxygen atoms in total. The summed E-state index contributed by atoms with van der Waals surface area (Å²) >= 11 is 0. The molecule has 0 bridgehead atoms. The maximum atomic E-state index is 12.9. The van der Waals surface area contributed by atoms with Crippen molar-refractivity contribution < 1.29 is 19.1 Å². The van der Waals surface area contributed by atoms with Crippen LogP contribution in [0.2, 0.25) is 0 Å². The fourth-order valence-corrected chi connectivity index (χ4v) is 4.09. The molecule has 1 atom stereocenters. The topological polar surface area (TPSA) is 72.0 Å². The molecule has 0 spiro atoms. The van der Waals surface area contributed by atoms with Gasteiger partial charge in [0.1, 0.15) is 11.9 Å². The van der Waals surface area contributed by atoms with Crippen molar-refractivity contribution in [1.82, 2.24) is 14.8 Å². The molecule has 33 heavy (non-hydrogen) atoms. The number of rotatable bonds is 5. The molecule has 7 heteroatoms. The Balaban J connectivity index is 1.53. The number of hydrogen-bond acceptors (Lipinski definition) is 5. The number of pyridine rings is 1. The molecule has 1 fully saturated rings. The van der Waals surface area contributed by atoms with E-state index >= 15 is 0 Å². The highest BCUT2D eigenvalue weighted by Gasteiger charge is 2.28. The molecule has 2 heterocycles. The summed E-state index contributed by atoms with van der Waals surface area (Å²) in [6, 6.07) is 15.3. The summed E-state index contributed by atoms with van der Waals surface area (Å²) in [5.41, 5.74) is 3.95. The lowest BCUT2D eigenvalue weighted by molar-refractivity contribution is -0.141. The molecular formula is C26H29N3O4. The molecule has 0 unspecified atom stereocenters. The number of amides is 2. The van der Waals surface area contributed by atoms with Crippen LogP contribution in [0.25, 0.3) is 10.9 Å². The summed E-state index contributed by atoms with van der Waals surface area (Å²) in [6.07, 6.45) is -0.416. The molecule has 4 rings (SSSR count). The standard InChI is InChI=1S/C26H29N3O4/c1-17-8-7-9-18(2)25(17)33-16-24(30)29-12-13-32-23(15-29)22-14-20(26(31)28(3)4)19-10-5-6-11-21(19)27-22/h5-11,14,23H,12-13,15-16H2,1-4H3/t23-/m0/s1. The minimum absolute atomic E-state index is 0.0338. The third kappa shape index (κ3) is 4.83. The van der Waals surface area contributed by atoms with Crippen molar-refractivity contribution in [2.24, 2.45) is 0 Å². The minimum atomic E-state index is -0.416. The molecule has 3 aromatic rings. The number of benzene rings is 2. The van der Waals surface area contributed by atoms with E-state index in [2.05, 4.69) is 0 Å². The molecule has 0 aliphatic carbocycles. The number of nitrogens with zero attached hydrogens (tertiary/aromatic N) is 3. The van der Waals surface area contributed by atoms with Gasteiger partial charge < -0.3 is 19.3 Å². The second-order valence-corrected chi connectivity index (χ2v) is 8.52. The number of fused-ring (bicyclic) bond motifs is 1. The summed E-state index contributed by atoms with van der Waals surface area (Å²) in [7, 11) is 3.45. The Labute approximate surface area is 193 Å². The van der Waals surface area contributed by atoms with Gasteiger partial charge in [0, 0.05) is 26.0 Å². The average Bonchev–Trinajstić information content (AvgIpc) is 2.82. The van der Waals surface area contributed by atoms with E-state index in [-0.39, 0.29) is 18.4 Å². The van der Waals surface area contributed by atoms with Crippen molar-refractivity contribution in [3.63, 3.8) is 0 Å². The average molecular weight is 448 g/mol. The lowest BCUT2D eigenvalue weighted by Crippen LogP contribution is -2.44. The number of hydrogen-bond donors (Lipinski definition) is 0. The molecule has 0 saturated carbocycles. The number of aromatic nitrogens is 1. The Morgan fingerprint density at radius 1 is 1.12 bits per heavy atom. The number of aryl methyl sites for hydroxylation is 2. The van der Waals surface area contributed by atoms with E-state index in [1.807, 2.05) is 56.3 Å². The smallest absolute Gasteiger partial charge is 0.260 e. The maximum absolute atomic E-state index is 12.9. The number of para-hydroxylation sites is 2. The van der Waals surface area contributed by atoms with Crippen molar-refractivity contribution in [3.05, 3.63) is 70.9 Å². The zero-order chi connectivity index (χ0) is 23.5. The predicted molar refractivity (Wildman–Crippen MR) is 126 cm³/mol. The lowest BCUT2D eigenvalue weighted by atomic mass is 10.0. The Morgan fingerprint density at radius 3 is 2.58 bits per heavy atom. The molecule has 0 radical (unpaired) electrons. The van der Waals surface area contributed by atoms with Gasteiger partial charge in [0.15, 0.2) is 6.61 Å². The summed E-state index contributed by atoms with van der Waals surface area (Å²) in [5.74, 6) is 0.552. The lowest BCUT2D eigenvalue weighted by Gasteiger charge is -2.33. The third-order valence-electron chi connectivity index (χ3n) is 5.87. The molecule has 172 valence electrons. The Morgan fingerprint density at radius 2 is 1.85 bits per heavy atom. The van der Waals surface area contributed by atoms with E-state index in [0.29, 0.717) is 31.0 Å². The molecular weight excluding hydrogens is 418 g/mol. The Bertz CT molecular complexity index is 1170. The van der Waals surface area contributed by atoms with Crippen LogP contribution in [0.3, 0.4) is 0 Å². The highest BCUT2D eigenvalue weighted by molar-refractivity contribution is 6.06. The van der Waals surface area contributed by atoms with Crippen molar-refractivity contribution in [2.75, 3.05) is 40.4 Å². The van der Waals surface area contributed by atoms with Crippen LogP contribution in [0.15, 0.2) is 48.5 Å². The van der Waals surface area contributed by atoms with Gasteiger partial charge in [-0.05, 0) is 37.1 Å². The van der Waals surface area contributed by atoms with Crippen molar-refractivity contribution in [1.29, 1.82) is 0 Å².